The second-order valence-corrected chi connectivity index (χ2v) is 4.26. The van der Waals surface area contributed by atoms with E-state index in [1.807, 2.05) is 30.3 Å². The van der Waals surface area contributed by atoms with Gasteiger partial charge in [-0.25, -0.2) is 0 Å². The van der Waals surface area contributed by atoms with Crippen LogP contribution in [-0.2, 0) is 5.60 Å². The van der Waals surface area contributed by atoms with Crippen LogP contribution in [0.15, 0.2) is 42.0 Å². The molecular weight excluding hydrogens is 186 g/mol. The molecule has 0 amide bonds. The quantitative estimate of drug-likeness (QED) is 0.682. The number of aliphatic hydroxyl groups is 1. The van der Waals surface area contributed by atoms with Crippen LogP contribution < -0.4 is 5.32 Å². The fourth-order valence-corrected chi connectivity index (χ4v) is 1.92. The van der Waals surface area contributed by atoms with Crippen molar-refractivity contribution < 1.29 is 5.11 Å². The number of benzene rings is 1. The van der Waals surface area contributed by atoms with Crippen molar-refractivity contribution in [2.45, 2.75) is 18.9 Å². The number of hydrogen-bond acceptors (Lipinski definition) is 2. The standard InChI is InChI=1S/C13H17NO/c1-11-7-8-13(15,10-14-9-11)12-5-3-2-4-6-12/h2-7,14-15H,8-10H2,1H3/t13-/m1/s1. The summed E-state index contributed by atoms with van der Waals surface area (Å²) in [4.78, 5) is 0. The average Bonchev–Trinajstić information content (AvgIpc) is 2.44. The Balaban J connectivity index is 2.26. The molecular formula is C13H17NO. The Morgan fingerprint density at radius 2 is 2.00 bits per heavy atom. The lowest BCUT2D eigenvalue weighted by Gasteiger charge is -2.26. The molecule has 15 heavy (non-hydrogen) atoms. The van der Waals surface area contributed by atoms with Gasteiger partial charge in [0.2, 0.25) is 0 Å². The summed E-state index contributed by atoms with van der Waals surface area (Å²) in [5.41, 5.74) is 1.53. The number of hydrogen-bond donors (Lipinski definition) is 2. The molecule has 2 rings (SSSR count). The zero-order valence-electron chi connectivity index (χ0n) is 9.03. The van der Waals surface area contributed by atoms with Gasteiger partial charge >= 0.3 is 0 Å². The van der Waals surface area contributed by atoms with Gasteiger partial charge in [-0.3, -0.25) is 0 Å². The van der Waals surface area contributed by atoms with Crippen LogP contribution in [-0.4, -0.2) is 18.2 Å². The summed E-state index contributed by atoms with van der Waals surface area (Å²) in [5, 5.41) is 13.8. The molecule has 2 N–H and O–H groups in total. The molecule has 2 nitrogen and oxygen atoms in total. The van der Waals surface area contributed by atoms with Crippen molar-refractivity contribution >= 4 is 0 Å². The second-order valence-electron chi connectivity index (χ2n) is 4.26. The predicted octanol–water partition coefficient (Wildman–Crippen LogP) is 1.81. The van der Waals surface area contributed by atoms with Crippen molar-refractivity contribution in [2.75, 3.05) is 13.1 Å². The third kappa shape index (κ3) is 2.28. The van der Waals surface area contributed by atoms with E-state index in [0.717, 1.165) is 12.1 Å². The van der Waals surface area contributed by atoms with Crippen molar-refractivity contribution in [3.05, 3.63) is 47.5 Å². The van der Waals surface area contributed by atoms with Crippen LogP contribution in [0.1, 0.15) is 18.9 Å². The van der Waals surface area contributed by atoms with Crippen molar-refractivity contribution in [1.29, 1.82) is 0 Å². The van der Waals surface area contributed by atoms with Crippen LogP contribution in [0.25, 0.3) is 0 Å². The van der Waals surface area contributed by atoms with E-state index < -0.39 is 5.60 Å². The van der Waals surface area contributed by atoms with Gasteiger partial charge in [0.1, 0.15) is 5.60 Å². The van der Waals surface area contributed by atoms with E-state index in [4.69, 9.17) is 0 Å². The summed E-state index contributed by atoms with van der Waals surface area (Å²) >= 11 is 0. The first kappa shape index (κ1) is 10.4. The molecule has 2 heteroatoms. The van der Waals surface area contributed by atoms with E-state index in [1.165, 1.54) is 5.57 Å². The second kappa shape index (κ2) is 4.17. The molecule has 0 bridgehead atoms. The van der Waals surface area contributed by atoms with Crippen molar-refractivity contribution in [3.63, 3.8) is 0 Å². The maximum atomic E-state index is 10.5. The van der Waals surface area contributed by atoms with Crippen LogP contribution in [0.5, 0.6) is 0 Å². The maximum absolute atomic E-state index is 10.5. The molecule has 1 aliphatic heterocycles. The van der Waals surface area contributed by atoms with E-state index in [9.17, 15) is 5.11 Å². The van der Waals surface area contributed by atoms with E-state index in [0.29, 0.717) is 13.0 Å². The predicted molar refractivity (Wildman–Crippen MR) is 61.6 cm³/mol. The molecule has 1 aliphatic rings. The highest BCUT2D eigenvalue weighted by atomic mass is 16.3. The Morgan fingerprint density at radius 3 is 2.73 bits per heavy atom. The first-order chi connectivity index (χ1) is 7.21. The Labute approximate surface area is 90.6 Å². The van der Waals surface area contributed by atoms with Crippen LogP contribution in [0.2, 0.25) is 0 Å². The van der Waals surface area contributed by atoms with Crippen LogP contribution in [0.3, 0.4) is 0 Å². The molecule has 1 aromatic carbocycles. The third-order valence-electron chi connectivity index (χ3n) is 2.92. The Bertz CT molecular complexity index is 358. The van der Waals surface area contributed by atoms with Gasteiger partial charge in [-0.1, -0.05) is 42.0 Å². The van der Waals surface area contributed by atoms with E-state index >= 15 is 0 Å². The minimum atomic E-state index is -0.751. The molecule has 0 radical (unpaired) electrons. The molecule has 0 saturated carbocycles. The highest BCUT2D eigenvalue weighted by molar-refractivity contribution is 5.25. The van der Waals surface area contributed by atoms with E-state index in [1.54, 1.807) is 0 Å². The van der Waals surface area contributed by atoms with Crippen LogP contribution >= 0.6 is 0 Å². The summed E-state index contributed by atoms with van der Waals surface area (Å²) in [6.07, 6.45) is 2.81. The zero-order chi connectivity index (χ0) is 10.7. The van der Waals surface area contributed by atoms with Gasteiger partial charge in [0.25, 0.3) is 0 Å². The van der Waals surface area contributed by atoms with E-state index in [2.05, 4.69) is 18.3 Å². The first-order valence-corrected chi connectivity index (χ1v) is 5.35. The highest BCUT2D eigenvalue weighted by Crippen LogP contribution is 2.26. The van der Waals surface area contributed by atoms with Crippen molar-refractivity contribution in [2.24, 2.45) is 0 Å². The Hall–Kier alpha value is -1.12. The molecule has 1 aromatic rings. The smallest absolute Gasteiger partial charge is 0.105 e. The molecule has 0 aliphatic carbocycles. The van der Waals surface area contributed by atoms with Gasteiger partial charge in [0.05, 0.1) is 0 Å². The van der Waals surface area contributed by atoms with Gasteiger partial charge < -0.3 is 10.4 Å². The molecule has 0 spiro atoms. The van der Waals surface area contributed by atoms with Crippen molar-refractivity contribution in [3.8, 4) is 0 Å². The molecule has 0 fully saturated rings. The Kier molecular flexibility index (Phi) is 2.89. The lowest BCUT2D eigenvalue weighted by atomic mass is 9.90. The summed E-state index contributed by atoms with van der Waals surface area (Å²) in [5.74, 6) is 0. The van der Waals surface area contributed by atoms with E-state index in [-0.39, 0.29) is 0 Å². The molecule has 1 atom stereocenters. The number of rotatable bonds is 1. The highest BCUT2D eigenvalue weighted by Gasteiger charge is 2.28. The SMILES string of the molecule is CC1=CC[C@](O)(c2ccccc2)CNC1. The lowest BCUT2D eigenvalue weighted by Crippen LogP contribution is -2.36. The average molecular weight is 203 g/mol. The van der Waals surface area contributed by atoms with Gasteiger partial charge in [-0.15, -0.1) is 0 Å². The minimum Gasteiger partial charge on any atom is -0.384 e. The fourth-order valence-electron chi connectivity index (χ4n) is 1.92. The summed E-state index contributed by atoms with van der Waals surface area (Å²) < 4.78 is 0. The maximum Gasteiger partial charge on any atom is 0.105 e. The largest absolute Gasteiger partial charge is 0.384 e. The van der Waals surface area contributed by atoms with Gasteiger partial charge in [-0.2, -0.15) is 0 Å². The minimum absolute atomic E-state index is 0.616. The lowest BCUT2D eigenvalue weighted by molar-refractivity contribution is 0.0426. The summed E-state index contributed by atoms with van der Waals surface area (Å²) in [6.45, 7) is 3.57. The monoisotopic (exact) mass is 203 g/mol. The van der Waals surface area contributed by atoms with Gasteiger partial charge in [-0.05, 0) is 18.9 Å². The normalized spacial score (nSPS) is 26.9. The van der Waals surface area contributed by atoms with Crippen LogP contribution in [0.4, 0.5) is 0 Å². The van der Waals surface area contributed by atoms with Crippen LogP contribution in [0, 0.1) is 0 Å². The summed E-state index contributed by atoms with van der Waals surface area (Å²) in [7, 11) is 0. The molecule has 80 valence electrons. The summed E-state index contributed by atoms with van der Waals surface area (Å²) in [6, 6.07) is 9.87. The fraction of sp³-hybridized carbons (Fsp3) is 0.385. The van der Waals surface area contributed by atoms with Crippen molar-refractivity contribution in [1.82, 2.24) is 5.32 Å². The topological polar surface area (TPSA) is 32.3 Å². The first-order valence-electron chi connectivity index (χ1n) is 5.35. The Morgan fingerprint density at radius 1 is 1.27 bits per heavy atom. The number of nitrogens with one attached hydrogen (secondary N) is 1. The van der Waals surface area contributed by atoms with Gasteiger partial charge in [0.15, 0.2) is 0 Å². The third-order valence-corrected chi connectivity index (χ3v) is 2.92. The molecule has 1 heterocycles. The number of β-amino-alcohol motifs (C(OH)–C–C–N with tert-alkyl or cyclic N) is 1. The molecule has 0 saturated heterocycles. The zero-order valence-corrected chi connectivity index (χ0v) is 9.03. The van der Waals surface area contributed by atoms with Gasteiger partial charge in [0, 0.05) is 13.1 Å². The molecule has 0 unspecified atom stereocenters. The molecule has 0 aromatic heterocycles.